The van der Waals surface area contributed by atoms with E-state index in [2.05, 4.69) is 10.6 Å². The van der Waals surface area contributed by atoms with Gasteiger partial charge in [0.05, 0.1) is 6.04 Å². The summed E-state index contributed by atoms with van der Waals surface area (Å²) in [6.45, 7) is 5.75. The molecule has 0 spiro atoms. The maximum Gasteiger partial charge on any atom is 0.326 e. The summed E-state index contributed by atoms with van der Waals surface area (Å²) in [4.78, 5) is 23.8. The van der Waals surface area contributed by atoms with E-state index in [4.69, 9.17) is 5.11 Å². The van der Waals surface area contributed by atoms with E-state index in [9.17, 15) is 9.59 Å². The highest BCUT2D eigenvalue weighted by Crippen LogP contribution is 2.25. The molecular formula is C13H20N2O3S. The van der Waals surface area contributed by atoms with E-state index >= 15 is 0 Å². The molecule has 1 rings (SSSR count). The standard InChI is InChI=1S/C13H20N2O3S/c1-4-9(12(16)17)14-13(18)15-11(8(2)3)10-6-5-7-19-10/h5-9,11H,4H2,1-3H3,(H,16,17)(H2,14,15,18)/t9-,11?/m0/s1. The minimum absolute atomic E-state index is 0.105. The number of nitrogens with one attached hydrogen (secondary N) is 2. The van der Waals surface area contributed by atoms with Gasteiger partial charge in [-0.1, -0.05) is 26.8 Å². The molecule has 0 saturated heterocycles. The molecule has 0 fully saturated rings. The van der Waals surface area contributed by atoms with Crippen LogP contribution >= 0.6 is 11.3 Å². The Morgan fingerprint density at radius 2 is 2.05 bits per heavy atom. The second-order valence-electron chi connectivity index (χ2n) is 4.65. The third-order valence-corrected chi connectivity index (χ3v) is 3.77. The molecule has 3 N–H and O–H groups in total. The van der Waals surface area contributed by atoms with Crippen molar-refractivity contribution in [3.63, 3.8) is 0 Å². The van der Waals surface area contributed by atoms with Crippen LogP contribution in [-0.2, 0) is 4.79 Å². The first-order valence-corrected chi connectivity index (χ1v) is 7.16. The van der Waals surface area contributed by atoms with Crippen LogP contribution in [0.4, 0.5) is 4.79 Å². The van der Waals surface area contributed by atoms with Crippen LogP contribution in [0.25, 0.3) is 0 Å². The summed E-state index contributed by atoms with van der Waals surface area (Å²) in [6, 6.07) is 2.49. The monoisotopic (exact) mass is 284 g/mol. The topological polar surface area (TPSA) is 78.4 Å². The molecule has 1 aromatic heterocycles. The first-order chi connectivity index (χ1) is 8.95. The quantitative estimate of drug-likeness (QED) is 0.751. The van der Waals surface area contributed by atoms with Crippen LogP contribution in [0.3, 0.4) is 0 Å². The summed E-state index contributed by atoms with van der Waals surface area (Å²) in [5.41, 5.74) is 0. The second kappa shape index (κ2) is 7.13. The predicted molar refractivity (Wildman–Crippen MR) is 75.3 cm³/mol. The molecule has 0 radical (unpaired) electrons. The number of carbonyl (C=O) groups is 2. The molecule has 0 aliphatic rings. The number of carbonyl (C=O) groups excluding carboxylic acids is 1. The smallest absolute Gasteiger partial charge is 0.326 e. The van der Waals surface area contributed by atoms with E-state index in [1.54, 1.807) is 18.3 Å². The molecule has 1 heterocycles. The van der Waals surface area contributed by atoms with Gasteiger partial charge in [-0.25, -0.2) is 9.59 Å². The van der Waals surface area contributed by atoms with Crippen LogP contribution in [0.5, 0.6) is 0 Å². The van der Waals surface area contributed by atoms with E-state index in [0.717, 1.165) is 4.88 Å². The van der Waals surface area contributed by atoms with E-state index in [1.165, 1.54) is 0 Å². The van der Waals surface area contributed by atoms with Crippen LogP contribution < -0.4 is 10.6 Å². The summed E-state index contributed by atoms with van der Waals surface area (Å²) in [5, 5.41) is 16.2. The van der Waals surface area contributed by atoms with Crippen LogP contribution in [0.2, 0.25) is 0 Å². The van der Waals surface area contributed by atoms with Gasteiger partial charge in [-0.15, -0.1) is 11.3 Å². The third-order valence-electron chi connectivity index (χ3n) is 2.81. The molecule has 5 nitrogen and oxygen atoms in total. The van der Waals surface area contributed by atoms with E-state index in [-0.39, 0.29) is 12.0 Å². The molecule has 1 aromatic rings. The van der Waals surface area contributed by atoms with E-state index < -0.39 is 18.0 Å². The number of amides is 2. The Hall–Kier alpha value is -1.56. The van der Waals surface area contributed by atoms with Crippen LogP contribution in [0, 0.1) is 5.92 Å². The fraction of sp³-hybridized carbons (Fsp3) is 0.538. The van der Waals surface area contributed by atoms with Gasteiger partial charge in [-0.05, 0) is 23.8 Å². The van der Waals surface area contributed by atoms with Gasteiger partial charge in [-0.3, -0.25) is 0 Å². The summed E-state index contributed by atoms with van der Waals surface area (Å²) in [5.74, 6) is -0.788. The predicted octanol–water partition coefficient (Wildman–Crippen LogP) is 2.61. The number of thiophene rings is 1. The number of carboxylic acids is 1. The van der Waals surface area contributed by atoms with Gasteiger partial charge in [0, 0.05) is 4.88 Å². The highest BCUT2D eigenvalue weighted by molar-refractivity contribution is 7.10. The lowest BCUT2D eigenvalue weighted by Gasteiger charge is -2.22. The minimum atomic E-state index is -1.02. The molecule has 0 saturated carbocycles. The molecular weight excluding hydrogens is 264 g/mol. The van der Waals surface area contributed by atoms with Crippen LogP contribution in [0.15, 0.2) is 17.5 Å². The molecule has 1 unspecified atom stereocenters. The summed E-state index contributed by atoms with van der Waals surface area (Å²) < 4.78 is 0. The molecule has 0 aliphatic heterocycles. The molecule has 106 valence electrons. The largest absolute Gasteiger partial charge is 0.480 e. The zero-order valence-electron chi connectivity index (χ0n) is 11.3. The summed E-state index contributed by atoms with van der Waals surface area (Å²) in [7, 11) is 0. The lowest BCUT2D eigenvalue weighted by Crippen LogP contribution is -2.47. The van der Waals surface area contributed by atoms with Gasteiger partial charge in [0.2, 0.25) is 0 Å². The van der Waals surface area contributed by atoms with Crippen molar-refractivity contribution >= 4 is 23.3 Å². The molecule has 0 aromatic carbocycles. The number of aliphatic carboxylic acids is 1. The molecule has 2 amide bonds. The summed E-state index contributed by atoms with van der Waals surface area (Å²) in [6.07, 6.45) is 0.355. The van der Waals surface area contributed by atoms with E-state index in [0.29, 0.717) is 6.42 Å². The Morgan fingerprint density at radius 1 is 1.37 bits per heavy atom. The first kappa shape index (κ1) is 15.5. The minimum Gasteiger partial charge on any atom is -0.480 e. The van der Waals surface area contributed by atoms with Gasteiger partial charge in [0.15, 0.2) is 0 Å². The van der Waals surface area contributed by atoms with Crippen LogP contribution in [-0.4, -0.2) is 23.1 Å². The SMILES string of the molecule is CC[C@H](NC(=O)NC(c1cccs1)C(C)C)C(=O)O. The summed E-state index contributed by atoms with van der Waals surface area (Å²) >= 11 is 1.57. The average molecular weight is 284 g/mol. The lowest BCUT2D eigenvalue weighted by molar-refractivity contribution is -0.139. The highest BCUT2D eigenvalue weighted by Gasteiger charge is 2.22. The van der Waals surface area contributed by atoms with Crippen molar-refractivity contribution in [3.05, 3.63) is 22.4 Å². The molecule has 6 heteroatoms. The molecule has 19 heavy (non-hydrogen) atoms. The van der Waals surface area contributed by atoms with Gasteiger partial charge in [0.1, 0.15) is 6.04 Å². The lowest BCUT2D eigenvalue weighted by atomic mass is 10.0. The zero-order chi connectivity index (χ0) is 14.4. The van der Waals surface area contributed by atoms with Crippen molar-refractivity contribution in [3.8, 4) is 0 Å². The second-order valence-corrected chi connectivity index (χ2v) is 5.63. The number of rotatable bonds is 6. The third kappa shape index (κ3) is 4.55. The van der Waals surface area contributed by atoms with E-state index in [1.807, 2.05) is 31.4 Å². The van der Waals surface area contributed by atoms with Crippen molar-refractivity contribution < 1.29 is 14.7 Å². The Morgan fingerprint density at radius 3 is 2.47 bits per heavy atom. The fourth-order valence-corrected chi connectivity index (χ4v) is 2.66. The Kier molecular flexibility index (Phi) is 5.82. The average Bonchev–Trinajstić information content (AvgIpc) is 2.85. The van der Waals surface area contributed by atoms with Gasteiger partial charge in [0.25, 0.3) is 0 Å². The van der Waals surface area contributed by atoms with Gasteiger partial charge < -0.3 is 15.7 Å². The van der Waals surface area contributed by atoms with Gasteiger partial charge in [-0.2, -0.15) is 0 Å². The molecule has 2 atom stereocenters. The number of hydrogen-bond acceptors (Lipinski definition) is 3. The zero-order valence-corrected chi connectivity index (χ0v) is 12.2. The first-order valence-electron chi connectivity index (χ1n) is 6.29. The van der Waals surface area contributed by atoms with Crippen molar-refractivity contribution in [2.75, 3.05) is 0 Å². The number of carboxylic acid groups (broad SMARTS) is 1. The van der Waals surface area contributed by atoms with Crippen molar-refractivity contribution in [2.24, 2.45) is 5.92 Å². The Balaban J connectivity index is 2.65. The highest BCUT2D eigenvalue weighted by atomic mass is 32.1. The maximum absolute atomic E-state index is 11.8. The van der Waals surface area contributed by atoms with Crippen molar-refractivity contribution in [1.82, 2.24) is 10.6 Å². The van der Waals surface area contributed by atoms with Crippen molar-refractivity contribution in [1.29, 1.82) is 0 Å². The Labute approximate surface area is 117 Å². The van der Waals surface area contributed by atoms with Gasteiger partial charge >= 0.3 is 12.0 Å². The van der Waals surface area contributed by atoms with Crippen molar-refractivity contribution in [2.45, 2.75) is 39.3 Å². The molecule has 0 bridgehead atoms. The normalized spacial score (nSPS) is 13.9. The Bertz CT molecular complexity index is 418. The maximum atomic E-state index is 11.8. The molecule has 0 aliphatic carbocycles. The van der Waals surface area contributed by atoms with Crippen LogP contribution in [0.1, 0.15) is 38.1 Å². The number of urea groups is 1. The number of hydrogen-bond donors (Lipinski definition) is 3. The fourth-order valence-electron chi connectivity index (χ4n) is 1.71.